The zero-order chi connectivity index (χ0) is 49.6. The van der Waals surface area contributed by atoms with Crippen molar-refractivity contribution in [3.63, 3.8) is 0 Å². The highest BCUT2D eigenvalue weighted by Gasteiger charge is 2.52. The second kappa shape index (κ2) is 15.6. The molecule has 0 N–H and O–H groups in total. The molecule has 352 valence electrons. The van der Waals surface area contributed by atoms with Crippen molar-refractivity contribution in [1.82, 2.24) is 15.0 Å². The van der Waals surface area contributed by atoms with E-state index < -0.39 is 5.41 Å². The quantitative estimate of drug-likeness (QED) is 0.172. The van der Waals surface area contributed by atoms with Crippen molar-refractivity contribution in [2.45, 2.75) is 5.41 Å². The molecule has 0 bridgehead atoms. The highest BCUT2D eigenvalue weighted by atomic mass is 32.1. The van der Waals surface area contributed by atoms with Gasteiger partial charge in [-0.1, -0.05) is 188 Å². The van der Waals surface area contributed by atoms with E-state index in [1.165, 1.54) is 70.4 Å². The van der Waals surface area contributed by atoms with Crippen molar-refractivity contribution in [3.05, 3.63) is 259 Å². The summed E-state index contributed by atoms with van der Waals surface area (Å²) in [5, 5.41) is 6.39. The van der Waals surface area contributed by atoms with Crippen LogP contribution in [0.3, 0.4) is 0 Å². The van der Waals surface area contributed by atoms with Gasteiger partial charge in [0.2, 0.25) is 0 Å². The number of fused-ring (bicyclic) bond motifs is 19. The van der Waals surface area contributed by atoms with Crippen LogP contribution in [0.15, 0.2) is 245 Å². The van der Waals surface area contributed by atoms with E-state index in [2.05, 4.69) is 206 Å². The summed E-state index contributed by atoms with van der Waals surface area (Å²) in [5.41, 5.74) is 20.7. The number of benzene rings is 11. The molecule has 6 heteroatoms. The third-order valence-corrected chi connectivity index (χ3v) is 17.3. The molecule has 4 aromatic heterocycles. The first kappa shape index (κ1) is 41.7. The van der Waals surface area contributed by atoms with Crippen LogP contribution in [0.25, 0.3) is 143 Å². The maximum absolute atomic E-state index is 6.66. The number of furan rings is 2. The van der Waals surface area contributed by atoms with Gasteiger partial charge in [0.1, 0.15) is 22.3 Å². The predicted octanol–water partition coefficient (Wildman–Crippen LogP) is 18.7. The molecular formula is C70H39N3O2S. The molecule has 0 unspecified atom stereocenters. The molecule has 0 saturated carbocycles. The van der Waals surface area contributed by atoms with Gasteiger partial charge < -0.3 is 8.83 Å². The number of nitrogens with zero attached hydrogens (tertiary/aromatic N) is 3. The van der Waals surface area contributed by atoms with Gasteiger partial charge in [0.25, 0.3) is 0 Å². The summed E-state index contributed by atoms with van der Waals surface area (Å²) in [4.78, 5) is 16.0. The fraction of sp³-hybridized carbons (Fsp3) is 0.0143. The molecule has 0 atom stereocenters. The Balaban J connectivity index is 0.805. The van der Waals surface area contributed by atoms with Crippen LogP contribution >= 0.6 is 11.3 Å². The predicted molar refractivity (Wildman–Crippen MR) is 311 cm³/mol. The summed E-state index contributed by atoms with van der Waals surface area (Å²) in [7, 11) is 0. The largest absolute Gasteiger partial charge is 0.456 e. The first-order valence-corrected chi connectivity index (χ1v) is 26.5. The summed E-state index contributed by atoms with van der Waals surface area (Å²) < 4.78 is 15.5. The van der Waals surface area contributed by atoms with E-state index in [1.807, 2.05) is 30.3 Å². The van der Waals surface area contributed by atoms with Gasteiger partial charge in [-0.15, -0.1) is 11.3 Å². The maximum atomic E-state index is 6.66. The van der Waals surface area contributed by atoms with Gasteiger partial charge in [0.15, 0.2) is 17.5 Å². The summed E-state index contributed by atoms with van der Waals surface area (Å²) >= 11 is 1.78. The lowest BCUT2D eigenvalue weighted by Gasteiger charge is -2.30. The van der Waals surface area contributed by atoms with Gasteiger partial charge >= 0.3 is 0 Å². The highest BCUT2D eigenvalue weighted by molar-refractivity contribution is 7.25. The summed E-state index contributed by atoms with van der Waals surface area (Å²) in [6.45, 7) is 0. The van der Waals surface area contributed by atoms with Gasteiger partial charge in [-0.2, -0.15) is 0 Å². The Labute approximate surface area is 439 Å². The Kier molecular flexibility index (Phi) is 8.58. The number of para-hydroxylation sites is 1. The number of aromatic nitrogens is 3. The van der Waals surface area contributed by atoms with Crippen molar-refractivity contribution in [3.8, 4) is 78.7 Å². The van der Waals surface area contributed by atoms with Gasteiger partial charge in [0.05, 0.1) is 5.41 Å². The first-order chi connectivity index (χ1) is 37.7. The zero-order valence-electron chi connectivity index (χ0n) is 40.6. The van der Waals surface area contributed by atoms with Crippen molar-refractivity contribution < 1.29 is 8.83 Å². The minimum atomic E-state index is -0.391. The summed E-state index contributed by atoms with van der Waals surface area (Å²) in [5.74, 6) is 1.72. The molecular weight excluding hydrogens is 947 g/mol. The Morgan fingerprint density at radius 3 is 1.61 bits per heavy atom. The van der Waals surface area contributed by atoms with Crippen molar-refractivity contribution in [2.24, 2.45) is 0 Å². The lowest BCUT2D eigenvalue weighted by molar-refractivity contribution is 0.668. The molecule has 0 radical (unpaired) electrons. The van der Waals surface area contributed by atoms with Crippen molar-refractivity contribution in [2.75, 3.05) is 0 Å². The molecule has 17 rings (SSSR count). The van der Waals surface area contributed by atoms with Crippen LogP contribution in [0, 0.1) is 0 Å². The number of hydrogen-bond donors (Lipinski definition) is 0. The lowest BCUT2D eigenvalue weighted by atomic mass is 9.70. The van der Waals surface area contributed by atoms with E-state index in [-0.39, 0.29) is 0 Å². The molecule has 5 nitrogen and oxygen atoms in total. The van der Waals surface area contributed by atoms with E-state index in [4.69, 9.17) is 23.8 Å². The molecule has 11 aromatic carbocycles. The molecule has 1 spiro atoms. The molecule has 76 heavy (non-hydrogen) atoms. The van der Waals surface area contributed by atoms with E-state index in [1.54, 1.807) is 11.3 Å². The van der Waals surface area contributed by atoms with Gasteiger partial charge in [-0.25, -0.2) is 15.0 Å². The van der Waals surface area contributed by atoms with Crippen molar-refractivity contribution in [1.29, 1.82) is 0 Å². The number of rotatable bonds is 5. The average molecular weight is 986 g/mol. The third-order valence-electron chi connectivity index (χ3n) is 16.2. The molecule has 2 aliphatic carbocycles. The third kappa shape index (κ3) is 5.76. The first-order valence-electron chi connectivity index (χ1n) is 25.7. The van der Waals surface area contributed by atoms with Gasteiger partial charge in [-0.05, 0) is 115 Å². The van der Waals surface area contributed by atoms with Crippen LogP contribution in [0.2, 0.25) is 0 Å². The fourth-order valence-corrected chi connectivity index (χ4v) is 14.1. The highest BCUT2D eigenvalue weighted by Crippen LogP contribution is 2.64. The Hall–Kier alpha value is -9.75. The molecule has 0 amide bonds. The Morgan fingerprint density at radius 1 is 0.289 bits per heavy atom. The number of hydrogen-bond acceptors (Lipinski definition) is 6. The normalized spacial score (nSPS) is 13.1. The van der Waals surface area contributed by atoms with Crippen LogP contribution in [-0.4, -0.2) is 15.0 Å². The summed E-state index contributed by atoms with van der Waals surface area (Å²) in [6.07, 6.45) is 0. The minimum absolute atomic E-state index is 0.391. The average Bonchev–Trinajstić information content (AvgIpc) is 4.35. The van der Waals surface area contributed by atoms with Crippen LogP contribution in [0.4, 0.5) is 0 Å². The second-order valence-corrected chi connectivity index (χ2v) is 21.2. The van der Waals surface area contributed by atoms with Crippen LogP contribution in [-0.2, 0) is 5.41 Å². The standard InChI is InChI=1S/C70H39N3O2S/c1-6-22-54-45(14-1)46-15-2-7-23-55(46)70(54)56-24-8-3-17-49(56)64-44(19-11-25-57(64)70)41-32-30-40(31-33-41)42-35-37-59-53(38-42)65-51(20-12-27-60(65)74-59)68-71-67(43-34-36-48-47-16-4-9-26-58(47)75-61(48)39-43)72-69(73-68)52-21-13-29-63-66(52)50-18-5-10-28-62(50)76-63/h1-39H. The van der Waals surface area contributed by atoms with Crippen molar-refractivity contribution >= 4 is 75.4 Å². The molecule has 15 aromatic rings. The second-order valence-electron chi connectivity index (χ2n) is 20.1. The lowest BCUT2D eigenvalue weighted by Crippen LogP contribution is -2.25. The topological polar surface area (TPSA) is 65.0 Å². The van der Waals surface area contributed by atoms with E-state index in [9.17, 15) is 0 Å². The van der Waals surface area contributed by atoms with E-state index in [0.717, 1.165) is 77.1 Å². The fourth-order valence-electron chi connectivity index (χ4n) is 13.0. The van der Waals surface area contributed by atoms with Gasteiger partial charge in [0, 0.05) is 58.4 Å². The molecule has 2 aliphatic rings. The van der Waals surface area contributed by atoms with Crippen LogP contribution < -0.4 is 0 Å². The molecule has 0 saturated heterocycles. The maximum Gasteiger partial charge on any atom is 0.164 e. The molecule has 4 heterocycles. The number of thiophene rings is 1. The Morgan fingerprint density at radius 2 is 0.803 bits per heavy atom. The molecule has 0 fully saturated rings. The van der Waals surface area contributed by atoms with Crippen LogP contribution in [0.5, 0.6) is 0 Å². The Bertz CT molecular complexity index is 4920. The van der Waals surface area contributed by atoms with Gasteiger partial charge in [-0.3, -0.25) is 0 Å². The smallest absolute Gasteiger partial charge is 0.164 e. The molecule has 0 aliphatic heterocycles. The monoisotopic (exact) mass is 985 g/mol. The summed E-state index contributed by atoms with van der Waals surface area (Å²) in [6, 6.07) is 85.1. The van der Waals surface area contributed by atoms with Crippen LogP contribution in [0.1, 0.15) is 22.3 Å². The zero-order valence-corrected chi connectivity index (χ0v) is 41.4. The van der Waals surface area contributed by atoms with E-state index in [0.29, 0.717) is 17.5 Å². The van der Waals surface area contributed by atoms with E-state index >= 15 is 0 Å². The minimum Gasteiger partial charge on any atom is -0.456 e. The SMILES string of the molecule is c1ccc2c(c1)-c1ccccc1C21c2ccccc2-c2c(-c3ccc(-c4ccc5oc6cccc(-c7nc(-c8ccc9c(c8)oc8ccccc89)nc(-c8cccc9sc%10ccccc%10c89)n7)c6c5c4)cc3)cccc21.